The number of nitrogens with zero attached hydrogens (tertiary/aromatic N) is 2. The molecule has 1 aliphatic heterocycles. The molecule has 0 bridgehead atoms. The molecule has 3 rings (SSSR count). The molecule has 2 aromatic rings. The molecule has 1 amide bonds. The molecule has 1 saturated heterocycles. The molecule has 1 fully saturated rings. The van der Waals surface area contributed by atoms with Crippen LogP contribution >= 0.6 is 11.3 Å². The molecule has 0 unspecified atom stereocenters. The summed E-state index contributed by atoms with van der Waals surface area (Å²) in [4.78, 5) is 16.9. The molecule has 3 heterocycles. The van der Waals surface area contributed by atoms with Crippen molar-refractivity contribution in [2.45, 2.75) is 31.1 Å². The van der Waals surface area contributed by atoms with E-state index in [2.05, 4.69) is 10.3 Å². The van der Waals surface area contributed by atoms with Gasteiger partial charge in [0.1, 0.15) is 15.6 Å². The number of rotatable bonds is 4. The first-order valence-corrected chi connectivity index (χ1v) is 10.1. The molecule has 1 N–H and O–H groups in total. The third-order valence-corrected chi connectivity index (χ3v) is 6.91. The maximum Gasteiger partial charge on any atom is 0.268 e. The fraction of sp³-hybridized carbons (Fsp3) is 0.375. The van der Waals surface area contributed by atoms with Gasteiger partial charge in [0.05, 0.1) is 0 Å². The molecule has 8 heteroatoms. The van der Waals surface area contributed by atoms with Gasteiger partial charge in [0.25, 0.3) is 5.91 Å². The number of anilines is 1. The number of nitrogens with one attached hydrogen (secondary N) is 1. The van der Waals surface area contributed by atoms with Crippen molar-refractivity contribution in [2.75, 3.05) is 18.4 Å². The topological polar surface area (TPSA) is 79.4 Å². The van der Waals surface area contributed by atoms with Crippen molar-refractivity contribution < 1.29 is 13.2 Å². The normalized spacial score (nSPS) is 16.0. The number of hydrogen-bond donors (Lipinski definition) is 1. The lowest BCUT2D eigenvalue weighted by Gasteiger charge is -2.25. The minimum absolute atomic E-state index is 0.0829. The Morgan fingerprint density at radius 1 is 1.25 bits per heavy atom. The average Bonchev–Trinajstić information content (AvgIpc) is 3.06. The van der Waals surface area contributed by atoms with Gasteiger partial charge in [-0.2, -0.15) is 4.31 Å². The Morgan fingerprint density at radius 3 is 2.71 bits per heavy atom. The maximum atomic E-state index is 12.8. The highest BCUT2D eigenvalue weighted by Crippen LogP contribution is 2.28. The molecule has 0 aromatic carbocycles. The highest BCUT2D eigenvalue weighted by Gasteiger charge is 2.31. The smallest absolute Gasteiger partial charge is 0.268 e. The second-order valence-corrected chi connectivity index (χ2v) is 8.57. The van der Waals surface area contributed by atoms with Crippen LogP contribution < -0.4 is 5.32 Å². The van der Waals surface area contributed by atoms with Crippen molar-refractivity contribution in [3.63, 3.8) is 0 Å². The van der Waals surface area contributed by atoms with Crippen LogP contribution in [0.5, 0.6) is 0 Å². The Morgan fingerprint density at radius 2 is 2.00 bits per heavy atom. The molecule has 0 saturated carbocycles. The molecule has 24 heavy (non-hydrogen) atoms. The summed E-state index contributed by atoms with van der Waals surface area (Å²) in [5, 5.41) is 4.31. The van der Waals surface area contributed by atoms with E-state index in [4.69, 9.17) is 0 Å². The first-order valence-electron chi connectivity index (χ1n) is 7.80. The summed E-state index contributed by atoms with van der Waals surface area (Å²) in [5.41, 5.74) is 0.965. The van der Waals surface area contributed by atoms with Gasteiger partial charge in [-0.1, -0.05) is 6.42 Å². The number of pyridine rings is 1. The molecule has 0 atom stereocenters. The van der Waals surface area contributed by atoms with E-state index in [-0.39, 0.29) is 9.77 Å². The second kappa shape index (κ2) is 7.00. The van der Waals surface area contributed by atoms with E-state index in [1.54, 1.807) is 17.6 Å². The number of aryl methyl sites for hydroxylation is 1. The summed E-state index contributed by atoms with van der Waals surface area (Å²) in [6.07, 6.45) is 4.36. The number of hydrogen-bond acceptors (Lipinski definition) is 5. The Hall–Kier alpha value is -1.77. The average molecular weight is 365 g/mol. The molecule has 0 radical (unpaired) electrons. The minimum atomic E-state index is -3.63. The number of thiophene rings is 1. The third kappa shape index (κ3) is 3.50. The Labute approximate surface area is 145 Å². The molecule has 2 aromatic heterocycles. The minimum Gasteiger partial charge on any atom is -0.306 e. The van der Waals surface area contributed by atoms with Crippen molar-refractivity contribution >= 4 is 33.1 Å². The highest BCUT2D eigenvalue weighted by molar-refractivity contribution is 7.89. The number of carbonyl (C=O) groups is 1. The summed E-state index contributed by atoms with van der Waals surface area (Å²) in [6, 6.07) is 5.07. The maximum absolute atomic E-state index is 12.8. The van der Waals surface area contributed by atoms with E-state index in [0.717, 1.165) is 36.2 Å². The summed E-state index contributed by atoms with van der Waals surface area (Å²) < 4.78 is 27.1. The van der Waals surface area contributed by atoms with E-state index >= 15 is 0 Å². The van der Waals surface area contributed by atoms with Gasteiger partial charge < -0.3 is 5.32 Å². The molecule has 1 aliphatic rings. The molecular formula is C16H19N3O3S2. The van der Waals surface area contributed by atoms with E-state index in [1.807, 2.05) is 13.0 Å². The van der Waals surface area contributed by atoms with Crippen LogP contribution in [0.25, 0.3) is 0 Å². The van der Waals surface area contributed by atoms with Crippen molar-refractivity contribution in [1.29, 1.82) is 0 Å². The van der Waals surface area contributed by atoms with Crippen molar-refractivity contribution in [3.8, 4) is 0 Å². The number of piperidine rings is 1. The number of carbonyl (C=O) groups excluding carboxylic acids is 1. The van der Waals surface area contributed by atoms with Crippen LogP contribution in [0.2, 0.25) is 0 Å². The van der Waals surface area contributed by atoms with Gasteiger partial charge in [0.15, 0.2) is 0 Å². The van der Waals surface area contributed by atoms with E-state index < -0.39 is 15.9 Å². The largest absolute Gasteiger partial charge is 0.306 e. The molecule has 6 nitrogen and oxygen atoms in total. The standard InChI is InChI=1S/C16H19N3O3S2/c1-12-5-7-17-14(11-12)18-16(20)15-13(6-10-23-15)24(21,22)19-8-3-2-4-9-19/h5-7,10-11H,2-4,8-9H2,1H3,(H,17,18,20). The highest BCUT2D eigenvalue weighted by atomic mass is 32.2. The van der Waals surface area contributed by atoms with Gasteiger partial charge in [-0.3, -0.25) is 4.79 Å². The van der Waals surface area contributed by atoms with E-state index in [1.165, 1.54) is 10.4 Å². The Balaban J connectivity index is 1.85. The number of amides is 1. The van der Waals surface area contributed by atoms with Crippen LogP contribution in [-0.2, 0) is 10.0 Å². The fourth-order valence-electron chi connectivity index (χ4n) is 2.69. The monoisotopic (exact) mass is 365 g/mol. The molecule has 0 aliphatic carbocycles. The zero-order valence-corrected chi connectivity index (χ0v) is 15.0. The first-order chi connectivity index (χ1) is 11.5. The second-order valence-electron chi connectivity index (χ2n) is 5.75. The summed E-state index contributed by atoms with van der Waals surface area (Å²) >= 11 is 1.13. The summed E-state index contributed by atoms with van der Waals surface area (Å²) in [7, 11) is -3.63. The van der Waals surface area contributed by atoms with Crippen molar-refractivity contribution in [2.24, 2.45) is 0 Å². The lowest BCUT2D eigenvalue weighted by molar-refractivity contribution is 0.102. The fourth-order valence-corrected chi connectivity index (χ4v) is 5.50. The summed E-state index contributed by atoms with van der Waals surface area (Å²) in [5.74, 6) is -0.0339. The van der Waals surface area contributed by atoms with Gasteiger partial charge >= 0.3 is 0 Å². The van der Waals surface area contributed by atoms with Gasteiger partial charge in [-0.25, -0.2) is 13.4 Å². The molecule has 128 valence electrons. The lowest BCUT2D eigenvalue weighted by atomic mass is 10.2. The van der Waals surface area contributed by atoms with E-state index in [9.17, 15) is 13.2 Å². The quantitative estimate of drug-likeness (QED) is 0.903. The van der Waals surface area contributed by atoms with Crippen LogP contribution in [0.15, 0.2) is 34.7 Å². The van der Waals surface area contributed by atoms with Crippen LogP contribution in [0.3, 0.4) is 0 Å². The van der Waals surface area contributed by atoms with Crippen LogP contribution in [0, 0.1) is 6.92 Å². The van der Waals surface area contributed by atoms with Crippen LogP contribution in [0.4, 0.5) is 5.82 Å². The molecular weight excluding hydrogens is 346 g/mol. The van der Waals surface area contributed by atoms with Gasteiger partial charge in [-0.15, -0.1) is 11.3 Å². The summed E-state index contributed by atoms with van der Waals surface area (Å²) in [6.45, 7) is 2.92. The van der Waals surface area contributed by atoms with Crippen molar-refractivity contribution in [1.82, 2.24) is 9.29 Å². The zero-order chi connectivity index (χ0) is 17.2. The van der Waals surface area contributed by atoms with Gasteiger partial charge in [-0.05, 0) is 48.9 Å². The number of sulfonamides is 1. The van der Waals surface area contributed by atoms with Gasteiger partial charge in [0.2, 0.25) is 10.0 Å². The van der Waals surface area contributed by atoms with Crippen LogP contribution in [0.1, 0.15) is 34.5 Å². The van der Waals surface area contributed by atoms with Crippen LogP contribution in [-0.4, -0.2) is 36.7 Å². The third-order valence-electron chi connectivity index (χ3n) is 3.93. The first kappa shape index (κ1) is 17.1. The van der Waals surface area contributed by atoms with E-state index in [0.29, 0.717) is 18.9 Å². The predicted octanol–water partition coefficient (Wildman–Crippen LogP) is 2.88. The SMILES string of the molecule is Cc1ccnc(NC(=O)c2sccc2S(=O)(=O)N2CCCCC2)c1. The lowest BCUT2D eigenvalue weighted by Crippen LogP contribution is -2.36. The van der Waals surface area contributed by atoms with Crippen molar-refractivity contribution in [3.05, 3.63) is 40.2 Å². The Kier molecular flexibility index (Phi) is 4.98. The Bertz CT molecular complexity index is 840. The molecule has 0 spiro atoms. The van der Waals surface area contributed by atoms with Gasteiger partial charge in [0, 0.05) is 19.3 Å². The predicted molar refractivity (Wildman–Crippen MR) is 93.9 cm³/mol. The zero-order valence-electron chi connectivity index (χ0n) is 13.4. The number of aromatic nitrogens is 1.